The quantitative estimate of drug-likeness (QED) is 0.573. The second kappa shape index (κ2) is 4.68. The van der Waals surface area contributed by atoms with Crippen molar-refractivity contribution in [1.29, 1.82) is 0 Å². The molecular formula is C8H15F5NO2S+. The number of alkyl halides is 5. The van der Waals surface area contributed by atoms with Gasteiger partial charge in [-0.15, -0.1) is 0 Å². The van der Waals surface area contributed by atoms with Crippen LogP contribution in [0.2, 0.25) is 0 Å². The predicted molar refractivity (Wildman–Crippen MR) is 51.8 cm³/mol. The molecule has 0 spiro atoms. The number of halogens is 5. The van der Waals surface area contributed by atoms with Crippen LogP contribution in [0.3, 0.4) is 0 Å². The molecule has 9 heteroatoms. The Kier molecular flexibility index (Phi) is 4.55. The minimum absolute atomic E-state index is 0.346. The third kappa shape index (κ3) is 2.26. The van der Waals surface area contributed by atoms with E-state index in [1.54, 1.807) is 0 Å². The monoisotopic (exact) mass is 284 g/mol. The van der Waals surface area contributed by atoms with Crippen molar-refractivity contribution in [2.75, 3.05) is 19.6 Å². The summed E-state index contributed by atoms with van der Waals surface area (Å²) in [5.41, 5.74) is 0. The molecule has 0 aromatic carbocycles. The fraction of sp³-hybridized carbons (Fsp3) is 1.00. The highest BCUT2D eigenvalue weighted by Crippen LogP contribution is 2.43. The van der Waals surface area contributed by atoms with Gasteiger partial charge in [-0.05, 0) is 20.8 Å². The van der Waals surface area contributed by atoms with E-state index in [-0.39, 0.29) is 19.6 Å². The summed E-state index contributed by atoms with van der Waals surface area (Å²) in [6.07, 6.45) is -6.10. The minimum Gasteiger partial charge on any atom is -0.214 e. The number of rotatable bonds is 5. The largest absolute Gasteiger partial charge is 0.490 e. The van der Waals surface area contributed by atoms with Gasteiger partial charge in [-0.1, -0.05) is 0 Å². The molecule has 0 aromatic heterocycles. The Hall–Kier alpha value is -0.440. The van der Waals surface area contributed by atoms with E-state index >= 15 is 0 Å². The van der Waals surface area contributed by atoms with Gasteiger partial charge >= 0.3 is 21.5 Å². The average molecular weight is 284 g/mol. The lowest BCUT2D eigenvalue weighted by molar-refractivity contribution is -0.803. The lowest BCUT2D eigenvalue weighted by Crippen LogP contribution is -2.62. The van der Waals surface area contributed by atoms with Crippen LogP contribution in [0.4, 0.5) is 22.0 Å². The van der Waals surface area contributed by atoms with E-state index < -0.39 is 25.3 Å². The van der Waals surface area contributed by atoms with Gasteiger partial charge in [0.1, 0.15) is 0 Å². The highest BCUT2D eigenvalue weighted by Gasteiger charge is 2.73. The van der Waals surface area contributed by atoms with Crippen LogP contribution in [0, 0.1) is 0 Å². The summed E-state index contributed by atoms with van der Waals surface area (Å²) in [6, 6.07) is 0. The summed E-state index contributed by atoms with van der Waals surface area (Å²) in [5, 5.41) is -5.73. The van der Waals surface area contributed by atoms with Crippen LogP contribution in [0.25, 0.3) is 0 Å². The molecular weight excluding hydrogens is 269 g/mol. The molecule has 3 nitrogen and oxygen atoms in total. The molecule has 0 unspecified atom stereocenters. The van der Waals surface area contributed by atoms with Crippen LogP contribution >= 0.6 is 0 Å². The molecule has 0 radical (unpaired) electrons. The van der Waals surface area contributed by atoms with Gasteiger partial charge in [0.05, 0.1) is 19.6 Å². The fourth-order valence-corrected chi connectivity index (χ4v) is 3.37. The Balaban J connectivity index is 5.87. The molecule has 0 heterocycles. The molecule has 0 fully saturated rings. The topological polar surface area (TPSA) is 34.1 Å². The maximum atomic E-state index is 13.0. The summed E-state index contributed by atoms with van der Waals surface area (Å²) >= 11 is 0. The van der Waals surface area contributed by atoms with E-state index in [4.69, 9.17) is 0 Å². The Morgan fingerprint density at radius 3 is 1.35 bits per heavy atom. The Morgan fingerprint density at radius 1 is 0.882 bits per heavy atom. The number of sulfonamides is 1. The Morgan fingerprint density at radius 2 is 1.18 bits per heavy atom. The number of quaternary nitrogens is 1. The molecule has 0 saturated heterocycles. The van der Waals surface area contributed by atoms with Gasteiger partial charge in [-0.25, -0.2) is 3.89 Å². The van der Waals surface area contributed by atoms with Gasteiger partial charge < -0.3 is 0 Å². The molecule has 0 amide bonds. The smallest absolute Gasteiger partial charge is 0.214 e. The van der Waals surface area contributed by atoms with E-state index in [2.05, 4.69) is 0 Å². The maximum absolute atomic E-state index is 13.0. The molecule has 0 N–H and O–H groups in total. The second-order valence-corrected chi connectivity index (χ2v) is 5.73. The van der Waals surface area contributed by atoms with E-state index in [0.717, 1.165) is 0 Å². The van der Waals surface area contributed by atoms with Crippen molar-refractivity contribution in [3.63, 3.8) is 0 Å². The molecule has 0 aromatic rings. The first kappa shape index (κ1) is 16.6. The van der Waals surface area contributed by atoms with Crippen LogP contribution < -0.4 is 0 Å². The van der Waals surface area contributed by atoms with Crippen molar-refractivity contribution in [1.82, 2.24) is 0 Å². The van der Waals surface area contributed by atoms with E-state index in [0.29, 0.717) is 0 Å². The highest BCUT2D eigenvalue weighted by atomic mass is 32.2. The molecule has 0 aliphatic rings. The lowest BCUT2D eigenvalue weighted by Gasteiger charge is -2.36. The van der Waals surface area contributed by atoms with Crippen LogP contribution in [-0.2, 0) is 10.0 Å². The zero-order valence-electron chi connectivity index (χ0n) is 9.68. The molecule has 104 valence electrons. The summed E-state index contributed by atoms with van der Waals surface area (Å²) in [6.45, 7) is 2.74. The summed E-state index contributed by atoms with van der Waals surface area (Å²) in [5.74, 6) is 0. The number of nitrogens with zero attached hydrogens (tertiary/aromatic N) is 1. The molecule has 0 bridgehead atoms. The normalized spacial score (nSPS) is 15.1. The fourth-order valence-electron chi connectivity index (χ4n) is 1.57. The first-order valence-corrected chi connectivity index (χ1v) is 6.43. The molecule has 0 aliphatic heterocycles. The summed E-state index contributed by atoms with van der Waals surface area (Å²) < 4.78 is 84.2. The number of hydrogen-bond acceptors (Lipinski definition) is 2. The van der Waals surface area contributed by atoms with Gasteiger partial charge in [0.2, 0.25) is 0 Å². The van der Waals surface area contributed by atoms with Crippen molar-refractivity contribution < 1.29 is 34.3 Å². The minimum atomic E-state index is -6.10. The zero-order chi connectivity index (χ0) is 14.1. The first-order chi connectivity index (χ1) is 7.43. The SMILES string of the molecule is CC[N+](CC)(CC)S(=O)(=O)C(F)(F)C(F)(F)F. The molecule has 0 saturated carbocycles. The third-order valence-corrected chi connectivity index (χ3v) is 5.57. The van der Waals surface area contributed by atoms with Gasteiger partial charge in [-0.3, -0.25) is 0 Å². The van der Waals surface area contributed by atoms with E-state index in [1.165, 1.54) is 20.8 Å². The standard InChI is InChI=1S/C8H15F5NO2S/c1-4-14(5-2,6-3)17(15,16)8(12,13)7(9,10)11/h4-6H2,1-3H3/q+1. The average Bonchev–Trinajstić information content (AvgIpc) is 2.19. The molecule has 0 rings (SSSR count). The number of hydrogen-bond donors (Lipinski definition) is 0. The van der Waals surface area contributed by atoms with Crippen LogP contribution in [-0.4, -0.2) is 43.4 Å². The third-order valence-electron chi connectivity index (χ3n) is 2.89. The van der Waals surface area contributed by atoms with Crippen molar-refractivity contribution in [2.24, 2.45) is 0 Å². The van der Waals surface area contributed by atoms with Crippen LogP contribution in [0.15, 0.2) is 0 Å². The van der Waals surface area contributed by atoms with E-state index in [1.807, 2.05) is 0 Å². The Labute approximate surface area is 96.9 Å². The van der Waals surface area contributed by atoms with Crippen molar-refractivity contribution in [3.8, 4) is 0 Å². The van der Waals surface area contributed by atoms with Crippen molar-refractivity contribution >= 4 is 10.0 Å². The summed E-state index contributed by atoms with van der Waals surface area (Å²) in [4.78, 5) is 0. The Bertz CT molecular complexity index is 342. The van der Waals surface area contributed by atoms with Crippen LogP contribution in [0.5, 0.6) is 0 Å². The van der Waals surface area contributed by atoms with Gasteiger partial charge in [0.25, 0.3) is 0 Å². The second-order valence-electron chi connectivity index (χ2n) is 3.50. The maximum Gasteiger partial charge on any atom is 0.490 e. The summed E-state index contributed by atoms with van der Waals surface area (Å²) in [7, 11) is -5.69. The highest BCUT2D eigenvalue weighted by molar-refractivity contribution is 7.87. The predicted octanol–water partition coefficient (Wildman–Crippen LogP) is 2.35. The van der Waals surface area contributed by atoms with Crippen molar-refractivity contribution in [2.45, 2.75) is 32.2 Å². The lowest BCUT2D eigenvalue weighted by atomic mass is 10.5. The van der Waals surface area contributed by atoms with Gasteiger partial charge in [-0.2, -0.15) is 30.4 Å². The first-order valence-electron chi connectivity index (χ1n) is 4.98. The van der Waals surface area contributed by atoms with Gasteiger partial charge in [0.15, 0.2) is 0 Å². The van der Waals surface area contributed by atoms with Gasteiger partial charge in [0, 0.05) is 0 Å². The molecule has 0 atom stereocenters. The molecule has 17 heavy (non-hydrogen) atoms. The van der Waals surface area contributed by atoms with Crippen LogP contribution in [0.1, 0.15) is 20.8 Å². The zero-order valence-corrected chi connectivity index (χ0v) is 10.5. The molecule has 0 aliphatic carbocycles. The van der Waals surface area contributed by atoms with E-state index in [9.17, 15) is 30.4 Å². The van der Waals surface area contributed by atoms with Crippen molar-refractivity contribution in [3.05, 3.63) is 0 Å².